The lowest BCUT2D eigenvalue weighted by Gasteiger charge is -2.05. The molecule has 2 rings (SSSR count). The van der Waals surface area contributed by atoms with Crippen LogP contribution in [0, 0.1) is 26.6 Å². The molecule has 0 fully saturated rings. The van der Waals surface area contributed by atoms with E-state index in [0.717, 1.165) is 11.1 Å². The number of benzene rings is 2. The van der Waals surface area contributed by atoms with Gasteiger partial charge in [0.15, 0.2) is 0 Å². The smallest absolute Gasteiger partial charge is 0.267 e. The zero-order chi connectivity index (χ0) is 15.4. The minimum atomic E-state index is -0.374. The summed E-state index contributed by atoms with van der Waals surface area (Å²) in [5.74, 6) is -0.742. The van der Waals surface area contributed by atoms with Gasteiger partial charge in [-0.25, -0.2) is 9.82 Å². The number of hydrogen-bond donors (Lipinski definition) is 1. The van der Waals surface area contributed by atoms with E-state index in [1.165, 1.54) is 35.4 Å². The van der Waals surface area contributed by atoms with E-state index in [0.29, 0.717) is 5.56 Å². The van der Waals surface area contributed by atoms with Crippen molar-refractivity contribution < 1.29 is 9.18 Å². The van der Waals surface area contributed by atoms with Crippen LogP contribution in [-0.2, 0) is 0 Å². The van der Waals surface area contributed by atoms with Crippen molar-refractivity contribution in [3.8, 4) is 0 Å². The third kappa shape index (κ3) is 3.75. The summed E-state index contributed by atoms with van der Waals surface area (Å²) >= 11 is 0. The number of hydrazone groups is 1. The van der Waals surface area contributed by atoms with Crippen LogP contribution in [0.5, 0.6) is 0 Å². The molecular weight excluding hydrogens is 267 g/mol. The number of amides is 1. The van der Waals surface area contributed by atoms with Crippen molar-refractivity contribution in [2.24, 2.45) is 5.10 Å². The Morgan fingerprint density at radius 1 is 1.05 bits per heavy atom. The number of carbonyl (C=O) groups is 1. The first-order valence-corrected chi connectivity index (χ1v) is 6.64. The van der Waals surface area contributed by atoms with E-state index in [4.69, 9.17) is 0 Å². The van der Waals surface area contributed by atoms with Gasteiger partial charge in [0.1, 0.15) is 5.82 Å². The van der Waals surface area contributed by atoms with Gasteiger partial charge in [0.2, 0.25) is 0 Å². The van der Waals surface area contributed by atoms with Crippen LogP contribution in [0.4, 0.5) is 4.39 Å². The third-order valence-corrected chi connectivity index (χ3v) is 3.36. The van der Waals surface area contributed by atoms with Gasteiger partial charge in [0.25, 0.3) is 5.91 Å². The van der Waals surface area contributed by atoms with Crippen LogP contribution in [0.2, 0.25) is 0 Å². The van der Waals surface area contributed by atoms with E-state index in [9.17, 15) is 9.18 Å². The SMILES string of the molecule is Cc1cc(C)c(/C=N\NC(=O)c2ccc(F)cc2)cc1C. The quantitative estimate of drug-likeness (QED) is 0.680. The summed E-state index contributed by atoms with van der Waals surface area (Å²) < 4.78 is 12.8. The molecule has 0 aliphatic carbocycles. The van der Waals surface area contributed by atoms with Crippen LogP contribution >= 0.6 is 0 Å². The molecule has 0 saturated heterocycles. The number of rotatable bonds is 3. The monoisotopic (exact) mass is 284 g/mol. The maximum Gasteiger partial charge on any atom is 0.271 e. The maximum atomic E-state index is 12.8. The number of hydrogen-bond acceptors (Lipinski definition) is 2. The van der Waals surface area contributed by atoms with Gasteiger partial charge in [-0.3, -0.25) is 4.79 Å². The minimum absolute atomic E-state index is 0.366. The van der Waals surface area contributed by atoms with Crippen molar-refractivity contribution in [1.29, 1.82) is 0 Å². The summed E-state index contributed by atoms with van der Waals surface area (Å²) in [4.78, 5) is 11.8. The molecule has 0 saturated carbocycles. The number of nitrogens with one attached hydrogen (secondary N) is 1. The number of nitrogens with zero attached hydrogens (tertiary/aromatic N) is 1. The predicted molar refractivity (Wildman–Crippen MR) is 82.1 cm³/mol. The van der Waals surface area contributed by atoms with Gasteiger partial charge in [-0.1, -0.05) is 6.07 Å². The molecule has 3 nitrogen and oxygen atoms in total. The molecule has 0 aliphatic heterocycles. The zero-order valence-corrected chi connectivity index (χ0v) is 12.3. The van der Waals surface area contributed by atoms with Gasteiger partial charge >= 0.3 is 0 Å². The molecule has 0 heterocycles. The second kappa shape index (κ2) is 6.31. The fourth-order valence-electron chi connectivity index (χ4n) is 1.95. The van der Waals surface area contributed by atoms with E-state index in [1.807, 2.05) is 19.9 Å². The summed E-state index contributed by atoms with van der Waals surface area (Å²) in [6.45, 7) is 6.08. The van der Waals surface area contributed by atoms with Crippen LogP contribution < -0.4 is 5.43 Å². The third-order valence-electron chi connectivity index (χ3n) is 3.36. The normalized spacial score (nSPS) is 10.9. The molecule has 1 N–H and O–H groups in total. The molecule has 2 aromatic carbocycles. The van der Waals surface area contributed by atoms with E-state index in [2.05, 4.69) is 23.5 Å². The molecule has 1 amide bonds. The van der Waals surface area contributed by atoms with Crippen LogP contribution in [0.25, 0.3) is 0 Å². The lowest BCUT2D eigenvalue weighted by molar-refractivity contribution is 0.0955. The van der Waals surface area contributed by atoms with Gasteiger partial charge in [0.05, 0.1) is 6.21 Å². The highest BCUT2D eigenvalue weighted by Gasteiger charge is 2.04. The van der Waals surface area contributed by atoms with Gasteiger partial charge in [-0.05, 0) is 73.4 Å². The second-order valence-corrected chi connectivity index (χ2v) is 5.00. The van der Waals surface area contributed by atoms with Crippen molar-refractivity contribution >= 4 is 12.1 Å². The Balaban J connectivity index is 2.07. The molecule has 0 bridgehead atoms. The molecule has 0 unspecified atom stereocenters. The van der Waals surface area contributed by atoms with Gasteiger partial charge in [-0.15, -0.1) is 0 Å². The molecule has 108 valence electrons. The molecule has 2 aromatic rings. The molecule has 0 aliphatic rings. The van der Waals surface area contributed by atoms with Crippen LogP contribution in [0.1, 0.15) is 32.6 Å². The van der Waals surface area contributed by atoms with Crippen LogP contribution in [0.15, 0.2) is 41.5 Å². The molecule has 0 spiro atoms. The lowest BCUT2D eigenvalue weighted by atomic mass is 10.0. The fourth-order valence-corrected chi connectivity index (χ4v) is 1.95. The lowest BCUT2D eigenvalue weighted by Crippen LogP contribution is -2.17. The summed E-state index contributed by atoms with van der Waals surface area (Å²) in [5, 5.41) is 3.95. The summed E-state index contributed by atoms with van der Waals surface area (Å²) in [5.41, 5.74) is 7.25. The zero-order valence-electron chi connectivity index (χ0n) is 12.3. The maximum absolute atomic E-state index is 12.8. The van der Waals surface area contributed by atoms with Crippen molar-refractivity contribution in [2.45, 2.75) is 20.8 Å². The highest BCUT2D eigenvalue weighted by Crippen LogP contribution is 2.13. The number of aryl methyl sites for hydroxylation is 3. The molecule has 21 heavy (non-hydrogen) atoms. The van der Waals surface area contributed by atoms with Crippen LogP contribution in [-0.4, -0.2) is 12.1 Å². The highest BCUT2D eigenvalue weighted by atomic mass is 19.1. The standard InChI is InChI=1S/C17H17FN2O/c1-11-8-13(3)15(9-12(11)2)10-19-20-17(21)14-4-6-16(18)7-5-14/h4-10H,1-3H3,(H,20,21)/b19-10-. The Kier molecular flexibility index (Phi) is 4.48. The number of carbonyl (C=O) groups excluding carboxylic acids is 1. The molecule has 0 atom stereocenters. The molecule has 0 radical (unpaired) electrons. The summed E-state index contributed by atoms with van der Waals surface area (Å²) in [7, 11) is 0. The first-order chi connectivity index (χ1) is 9.97. The first-order valence-electron chi connectivity index (χ1n) is 6.64. The summed E-state index contributed by atoms with van der Waals surface area (Å²) in [6.07, 6.45) is 1.61. The Hall–Kier alpha value is -2.49. The highest BCUT2D eigenvalue weighted by molar-refractivity contribution is 5.94. The fraction of sp³-hybridized carbons (Fsp3) is 0.176. The van der Waals surface area contributed by atoms with E-state index in [-0.39, 0.29) is 11.7 Å². The Bertz CT molecular complexity index is 691. The average molecular weight is 284 g/mol. The Morgan fingerprint density at radius 2 is 1.67 bits per heavy atom. The molecular formula is C17H17FN2O. The van der Waals surface area contributed by atoms with Crippen molar-refractivity contribution in [2.75, 3.05) is 0 Å². The predicted octanol–water partition coefficient (Wildman–Crippen LogP) is 3.51. The largest absolute Gasteiger partial charge is 0.271 e. The van der Waals surface area contributed by atoms with E-state index < -0.39 is 0 Å². The van der Waals surface area contributed by atoms with Crippen molar-refractivity contribution in [3.63, 3.8) is 0 Å². The van der Waals surface area contributed by atoms with Crippen molar-refractivity contribution in [1.82, 2.24) is 5.43 Å². The Morgan fingerprint density at radius 3 is 2.33 bits per heavy atom. The minimum Gasteiger partial charge on any atom is -0.267 e. The number of halogens is 1. The second-order valence-electron chi connectivity index (χ2n) is 5.00. The Labute approximate surface area is 123 Å². The van der Waals surface area contributed by atoms with Gasteiger partial charge in [-0.2, -0.15) is 5.10 Å². The van der Waals surface area contributed by atoms with Crippen LogP contribution in [0.3, 0.4) is 0 Å². The average Bonchev–Trinajstić information content (AvgIpc) is 2.45. The first kappa shape index (κ1) is 14.9. The molecule has 0 aromatic heterocycles. The summed E-state index contributed by atoms with van der Waals surface area (Å²) in [6, 6.07) is 9.43. The van der Waals surface area contributed by atoms with E-state index in [1.54, 1.807) is 6.21 Å². The van der Waals surface area contributed by atoms with Gasteiger partial charge in [0, 0.05) is 5.56 Å². The van der Waals surface area contributed by atoms with Gasteiger partial charge < -0.3 is 0 Å². The topological polar surface area (TPSA) is 41.5 Å². The van der Waals surface area contributed by atoms with Crippen molar-refractivity contribution in [3.05, 3.63) is 70.0 Å². The van der Waals surface area contributed by atoms with E-state index >= 15 is 0 Å². The molecule has 4 heteroatoms.